The lowest BCUT2D eigenvalue weighted by Gasteiger charge is -2.24. The van der Waals surface area contributed by atoms with E-state index in [1.54, 1.807) is 17.0 Å². The van der Waals surface area contributed by atoms with Gasteiger partial charge in [-0.2, -0.15) is 0 Å². The first-order valence-electron chi connectivity index (χ1n) is 8.39. The van der Waals surface area contributed by atoms with Gasteiger partial charge in [-0.1, -0.05) is 23.7 Å². The highest BCUT2D eigenvalue weighted by molar-refractivity contribution is 6.30. The number of amides is 1. The van der Waals surface area contributed by atoms with Crippen molar-refractivity contribution in [1.82, 2.24) is 9.80 Å². The fourth-order valence-electron chi connectivity index (χ4n) is 2.32. The number of nitro benzene ring substituents is 1. The highest BCUT2D eigenvalue weighted by atomic mass is 35.5. The average molecular weight is 392 g/mol. The van der Waals surface area contributed by atoms with Gasteiger partial charge in [-0.15, -0.1) is 0 Å². The van der Waals surface area contributed by atoms with E-state index in [0.717, 1.165) is 12.1 Å². The number of halogens is 1. The Kier molecular flexibility index (Phi) is 7.57. The van der Waals surface area contributed by atoms with Crippen molar-refractivity contribution in [3.63, 3.8) is 0 Å². The van der Waals surface area contributed by atoms with E-state index in [0.29, 0.717) is 23.9 Å². The van der Waals surface area contributed by atoms with Gasteiger partial charge in [-0.3, -0.25) is 14.9 Å². The van der Waals surface area contributed by atoms with Crippen molar-refractivity contribution < 1.29 is 14.5 Å². The SMILES string of the molecule is CN(C)CCN(Cc1ccc(Cl)cc1)C(=O)COc1ccc([N+](=O)[O-])cc1. The quantitative estimate of drug-likeness (QED) is 0.484. The van der Waals surface area contributed by atoms with Crippen molar-refractivity contribution in [3.05, 3.63) is 69.2 Å². The number of hydrogen-bond donors (Lipinski definition) is 0. The molecule has 0 radical (unpaired) electrons. The normalized spacial score (nSPS) is 10.7. The first-order valence-corrected chi connectivity index (χ1v) is 8.77. The summed E-state index contributed by atoms with van der Waals surface area (Å²) in [6.45, 7) is 1.58. The molecule has 0 N–H and O–H groups in total. The van der Waals surface area contributed by atoms with Crippen molar-refractivity contribution >= 4 is 23.2 Å². The monoisotopic (exact) mass is 391 g/mol. The van der Waals surface area contributed by atoms with E-state index in [-0.39, 0.29) is 18.2 Å². The maximum atomic E-state index is 12.6. The molecule has 27 heavy (non-hydrogen) atoms. The van der Waals surface area contributed by atoms with E-state index in [4.69, 9.17) is 16.3 Å². The minimum Gasteiger partial charge on any atom is -0.484 e. The van der Waals surface area contributed by atoms with E-state index < -0.39 is 4.92 Å². The Bertz CT molecular complexity index is 764. The van der Waals surface area contributed by atoms with Crippen LogP contribution in [0, 0.1) is 10.1 Å². The largest absolute Gasteiger partial charge is 0.484 e. The minimum absolute atomic E-state index is 0.0241. The van der Waals surface area contributed by atoms with Crippen LogP contribution in [-0.2, 0) is 11.3 Å². The third-order valence-corrected chi connectivity index (χ3v) is 4.12. The topological polar surface area (TPSA) is 75.9 Å². The van der Waals surface area contributed by atoms with E-state index in [2.05, 4.69) is 0 Å². The molecule has 0 fully saturated rings. The molecule has 0 bridgehead atoms. The molecule has 0 spiro atoms. The van der Waals surface area contributed by atoms with Gasteiger partial charge in [-0.05, 0) is 43.9 Å². The second-order valence-corrected chi connectivity index (χ2v) is 6.72. The van der Waals surface area contributed by atoms with Gasteiger partial charge in [0, 0.05) is 36.8 Å². The molecule has 144 valence electrons. The summed E-state index contributed by atoms with van der Waals surface area (Å²) >= 11 is 5.91. The number of nitro groups is 1. The number of likely N-dealkylation sites (N-methyl/N-ethyl adjacent to an activating group) is 1. The zero-order chi connectivity index (χ0) is 19.8. The maximum absolute atomic E-state index is 12.6. The van der Waals surface area contributed by atoms with Crippen molar-refractivity contribution in [1.29, 1.82) is 0 Å². The number of nitrogens with zero attached hydrogens (tertiary/aromatic N) is 3. The lowest BCUT2D eigenvalue weighted by Crippen LogP contribution is -2.38. The second kappa shape index (κ2) is 9.89. The first-order chi connectivity index (χ1) is 12.8. The van der Waals surface area contributed by atoms with Crippen LogP contribution in [0.3, 0.4) is 0 Å². The van der Waals surface area contributed by atoms with Gasteiger partial charge < -0.3 is 14.5 Å². The maximum Gasteiger partial charge on any atom is 0.269 e. The smallest absolute Gasteiger partial charge is 0.269 e. The van der Waals surface area contributed by atoms with Gasteiger partial charge in [0.1, 0.15) is 5.75 Å². The number of ether oxygens (including phenoxy) is 1. The van der Waals surface area contributed by atoms with E-state index in [1.165, 1.54) is 24.3 Å². The summed E-state index contributed by atoms with van der Waals surface area (Å²) in [5.74, 6) is 0.248. The molecule has 2 rings (SSSR count). The summed E-state index contributed by atoms with van der Waals surface area (Å²) in [6.07, 6.45) is 0. The summed E-state index contributed by atoms with van der Waals surface area (Å²) < 4.78 is 5.50. The number of non-ortho nitro benzene ring substituents is 1. The van der Waals surface area contributed by atoms with Gasteiger partial charge in [0.2, 0.25) is 0 Å². The van der Waals surface area contributed by atoms with Gasteiger partial charge >= 0.3 is 0 Å². The number of carbonyl (C=O) groups is 1. The third kappa shape index (κ3) is 6.88. The molecule has 0 unspecified atom stereocenters. The predicted octanol–water partition coefficient (Wildman–Crippen LogP) is 3.22. The zero-order valence-electron chi connectivity index (χ0n) is 15.3. The molecule has 2 aromatic carbocycles. The van der Waals surface area contributed by atoms with Crippen LogP contribution >= 0.6 is 11.6 Å². The number of benzene rings is 2. The molecule has 2 aromatic rings. The minimum atomic E-state index is -0.482. The fourth-order valence-corrected chi connectivity index (χ4v) is 2.45. The van der Waals surface area contributed by atoms with Crippen molar-refractivity contribution in [2.24, 2.45) is 0 Å². The molecule has 0 saturated carbocycles. The Morgan fingerprint density at radius 1 is 1.07 bits per heavy atom. The zero-order valence-corrected chi connectivity index (χ0v) is 16.1. The summed E-state index contributed by atoms with van der Waals surface area (Å²) in [5, 5.41) is 11.3. The van der Waals surface area contributed by atoms with Crippen LogP contribution in [0.1, 0.15) is 5.56 Å². The van der Waals surface area contributed by atoms with E-state index >= 15 is 0 Å². The Morgan fingerprint density at radius 2 is 1.70 bits per heavy atom. The van der Waals surface area contributed by atoms with Crippen LogP contribution in [0.5, 0.6) is 5.75 Å². The highest BCUT2D eigenvalue weighted by Crippen LogP contribution is 2.17. The Labute approximate surface area is 163 Å². The summed E-state index contributed by atoms with van der Waals surface area (Å²) in [7, 11) is 3.89. The van der Waals surface area contributed by atoms with Gasteiger partial charge in [0.05, 0.1) is 4.92 Å². The lowest BCUT2D eigenvalue weighted by molar-refractivity contribution is -0.384. The van der Waals surface area contributed by atoms with Gasteiger partial charge in [0.15, 0.2) is 6.61 Å². The predicted molar refractivity (Wildman–Crippen MR) is 104 cm³/mol. The molecule has 0 saturated heterocycles. The Morgan fingerprint density at radius 3 is 2.26 bits per heavy atom. The lowest BCUT2D eigenvalue weighted by atomic mass is 10.2. The van der Waals surface area contributed by atoms with Gasteiger partial charge in [-0.25, -0.2) is 0 Å². The molecule has 0 aliphatic carbocycles. The molecule has 8 heteroatoms. The number of rotatable bonds is 9. The fraction of sp³-hybridized carbons (Fsp3) is 0.316. The van der Waals surface area contributed by atoms with Crippen LogP contribution < -0.4 is 4.74 Å². The number of hydrogen-bond acceptors (Lipinski definition) is 5. The summed E-state index contributed by atoms with van der Waals surface area (Å²) in [4.78, 5) is 26.5. The van der Waals surface area contributed by atoms with Crippen molar-refractivity contribution in [3.8, 4) is 5.75 Å². The molecule has 7 nitrogen and oxygen atoms in total. The van der Waals surface area contributed by atoms with Crippen LogP contribution in [-0.4, -0.2) is 54.4 Å². The standard InChI is InChI=1S/C19H22ClN3O4/c1-21(2)11-12-22(13-15-3-5-16(20)6-4-15)19(24)14-27-18-9-7-17(8-10-18)23(25)26/h3-10H,11-14H2,1-2H3. The molecular formula is C19H22ClN3O4. The van der Waals surface area contributed by atoms with Crippen LogP contribution in [0.2, 0.25) is 5.02 Å². The van der Waals surface area contributed by atoms with Crippen molar-refractivity contribution in [2.75, 3.05) is 33.8 Å². The van der Waals surface area contributed by atoms with Crippen molar-refractivity contribution in [2.45, 2.75) is 6.54 Å². The first kappa shape index (κ1) is 20.7. The van der Waals surface area contributed by atoms with Crippen LogP contribution in [0.4, 0.5) is 5.69 Å². The number of carbonyl (C=O) groups excluding carboxylic acids is 1. The Hall–Kier alpha value is -2.64. The van der Waals surface area contributed by atoms with Gasteiger partial charge in [0.25, 0.3) is 11.6 Å². The van der Waals surface area contributed by atoms with Crippen LogP contribution in [0.25, 0.3) is 0 Å². The van der Waals surface area contributed by atoms with E-state index in [9.17, 15) is 14.9 Å². The summed E-state index contributed by atoms with van der Waals surface area (Å²) in [5.41, 5.74) is 0.950. The van der Waals surface area contributed by atoms with E-state index in [1.807, 2.05) is 31.1 Å². The molecule has 0 aromatic heterocycles. The second-order valence-electron chi connectivity index (χ2n) is 6.28. The average Bonchev–Trinajstić information content (AvgIpc) is 2.64. The third-order valence-electron chi connectivity index (χ3n) is 3.87. The molecule has 0 aliphatic heterocycles. The summed E-state index contributed by atoms with van der Waals surface area (Å²) in [6, 6.07) is 13.0. The highest BCUT2D eigenvalue weighted by Gasteiger charge is 2.15. The molecule has 0 heterocycles. The molecule has 0 atom stereocenters. The van der Waals surface area contributed by atoms with Crippen LogP contribution in [0.15, 0.2) is 48.5 Å². The molecule has 0 aliphatic rings. The molecule has 1 amide bonds. The Balaban J connectivity index is 1.99. The molecular weight excluding hydrogens is 370 g/mol.